The molecule has 0 amide bonds. The summed E-state index contributed by atoms with van der Waals surface area (Å²) in [6.07, 6.45) is 0. The highest BCUT2D eigenvalue weighted by molar-refractivity contribution is 6.21. The van der Waals surface area contributed by atoms with Crippen molar-refractivity contribution in [1.29, 1.82) is 0 Å². The van der Waals surface area contributed by atoms with Crippen LogP contribution in [0.5, 0.6) is 0 Å². The van der Waals surface area contributed by atoms with Crippen molar-refractivity contribution in [2.45, 2.75) is 0 Å². The van der Waals surface area contributed by atoms with E-state index in [-0.39, 0.29) is 0 Å². The fourth-order valence-electron chi connectivity index (χ4n) is 7.34. The first-order valence-corrected chi connectivity index (χ1v) is 16.6. The molecule has 9 aromatic carbocycles. The average Bonchev–Trinajstić information content (AvgIpc) is 3.17. The maximum Gasteiger partial charge on any atom is -0.00262 e. The molecule has 0 saturated carbocycles. The molecule has 0 nitrogen and oxygen atoms in total. The van der Waals surface area contributed by atoms with Crippen molar-refractivity contribution >= 4 is 32.3 Å². The Morgan fingerprint density at radius 3 is 1.06 bits per heavy atom. The highest BCUT2D eigenvalue weighted by Gasteiger charge is 2.17. The molecule has 0 radical (unpaired) electrons. The molecule has 0 bridgehead atoms. The zero-order valence-electron chi connectivity index (χ0n) is 26.5. The molecule has 224 valence electrons. The number of hydrogen-bond acceptors (Lipinski definition) is 0. The Morgan fingerprint density at radius 2 is 0.542 bits per heavy atom. The molecule has 0 heterocycles. The highest BCUT2D eigenvalue weighted by atomic mass is 14.2. The Hall–Kier alpha value is -6.24. The lowest BCUT2D eigenvalue weighted by Gasteiger charge is -2.18. The lowest BCUT2D eigenvalue weighted by molar-refractivity contribution is 1.58. The molecule has 0 unspecified atom stereocenters. The summed E-state index contributed by atoms with van der Waals surface area (Å²) in [6, 6.07) is 70.8. The topological polar surface area (TPSA) is 0 Å². The van der Waals surface area contributed by atoms with Crippen LogP contribution in [0.15, 0.2) is 194 Å². The molecule has 0 aliphatic rings. The van der Waals surface area contributed by atoms with Crippen LogP contribution < -0.4 is 0 Å². The van der Waals surface area contributed by atoms with Gasteiger partial charge < -0.3 is 0 Å². The van der Waals surface area contributed by atoms with Gasteiger partial charge in [-0.15, -0.1) is 0 Å². The van der Waals surface area contributed by atoms with Gasteiger partial charge in [0.2, 0.25) is 0 Å². The lowest BCUT2D eigenvalue weighted by Crippen LogP contribution is -1.91. The molecule has 0 aromatic heterocycles. The van der Waals surface area contributed by atoms with Gasteiger partial charge in [0.1, 0.15) is 0 Å². The van der Waals surface area contributed by atoms with E-state index in [0.29, 0.717) is 0 Å². The Kier molecular flexibility index (Phi) is 6.91. The summed E-state index contributed by atoms with van der Waals surface area (Å²) < 4.78 is 0. The van der Waals surface area contributed by atoms with E-state index in [1.165, 1.54) is 88.0 Å². The van der Waals surface area contributed by atoms with E-state index in [4.69, 9.17) is 0 Å². The van der Waals surface area contributed by atoms with Crippen LogP contribution in [-0.2, 0) is 0 Å². The molecule has 0 aliphatic carbocycles. The second-order valence-electron chi connectivity index (χ2n) is 12.5. The van der Waals surface area contributed by atoms with Crippen LogP contribution in [0.4, 0.5) is 0 Å². The fraction of sp³-hybridized carbons (Fsp3) is 0. The summed E-state index contributed by atoms with van der Waals surface area (Å²) in [7, 11) is 0. The van der Waals surface area contributed by atoms with E-state index < -0.39 is 0 Å². The smallest absolute Gasteiger partial charge is 0.00262 e. The summed E-state index contributed by atoms with van der Waals surface area (Å²) in [4.78, 5) is 0. The van der Waals surface area contributed by atoms with Gasteiger partial charge in [-0.05, 0) is 112 Å². The quantitative estimate of drug-likeness (QED) is 0.171. The zero-order chi connectivity index (χ0) is 31.9. The first-order chi connectivity index (χ1) is 23.8. The van der Waals surface area contributed by atoms with E-state index >= 15 is 0 Å². The van der Waals surface area contributed by atoms with Crippen molar-refractivity contribution in [3.8, 4) is 55.6 Å². The largest absolute Gasteiger partial charge is 0.0622 e. The van der Waals surface area contributed by atoms with Crippen LogP contribution in [-0.4, -0.2) is 0 Å². The first-order valence-electron chi connectivity index (χ1n) is 16.6. The molecule has 9 aromatic rings. The van der Waals surface area contributed by atoms with Gasteiger partial charge >= 0.3 is 0 Å². The molecule has 0 heteroatoms. The van der Waals surface area contributed by atoms with E-state index in [0.717, 1.165) is 0 Å². The fourth-order valence-corrected chi connectivity index (χ4v) is 7.34. The molecular formula is C48H32. The van der Waals surface area contributed by atoms with Crippen LogP contribution in [0.25, 0.3) is 88.0 Å². The summed E-state index contributed by atoms with van der Waals surface area (Å²) in [6.45, 7) is 0. The molecule has 9 rings (SSSR count). The third-order valence-corrected chi connectivity index (χ3v) is 9.62. The van der Waals surface area contributed by atoms with Crippen molar-refractivity contribution < 1.29 is 0 Å². The molecule has 0 saturated heterocycles. The van der Waals surface area contributed by atoms with E-state index in [9.17, 15) is 0 Å². The van der Waals surface area contributed by atoms with Crippen molar-refractivity contribution in [1.82, 2.24) is 0 Å². The summed E-state index contributed by atoms with van der Waals surface area (Å²) >= 11 is 0. The van der Waals surface area contributed by atoms with Gasteiger partial charge in [0, 0.05) is 0 Å². The summed E-state index contributed by atoms with van der Waals surface area (Å²) in [5.74, 6) is 0. The van der Waals surface area contributed by atoms with Gasteiger partial charge in [-0.3, -0.25) is 0 Å². The molecular weight excluding hydrogens is 577 g/mol. The maximum atomic E-state index is 2.36. The first kappa shape index (κ1) is 28.0. The van der Waals surface area contributed by atoms with Crippen molar-refractivity contribution in [3.63, 3.8) is 0 Å². The zero-order valence-corrected chi connectivity index (χ0v) is 26.5. The van der Waals surface area contributed by atoms with Crippen LogP contribution in [0.2, 0.25) is 0 Å². The van der Waals surface area contributed by atoms with Crippen molar-refractivity contribution in [2.24, 2.45) is 0 Å². The molecule has 0 N–H and O–H groups in total. The van der Waals surface area contributed by atoms with Gasteiger partial charge in [0.15, 0.2) is 0 Å². The highest BCUT2D eigenvalue weighted by Crippen LogP contribution is 2.45. The van der Waals surface area contributed by atoms with E-state index in [1.54, 1.807) is 0 Å². The Bertz CT molecular complexity index is 2550. The minimum Gasteiger partial charge on any atom is -0.0622 e. The molecule has 0 aliphatic heterocycles. The van der Waals surface area contributed by atoms with Crippen molar-refractivity contribution in [2.75, 3.05) is 0 Å². The maximum absolute atomic E-state index is 2.36. The predicted molar refractivity (Wildman–Crippen MR) is 206 cm³/mol. The van der Waals surface area contributed by atoms with E-state index in [2.05, 4.69) is 194 Å². The Labute approximate surface area is 281 Å². The summed E-state index contributed by atoms with van der Waals surface area (Å²) in [5, 5.41) is 7.57. The van der Waals surface area contributed by atoms with Crippen LogP contribution in [0.3, 0.4) is 0 Å². The molecule has 0 fully saturated rings. The average molecular weight is 609 g/mol. The minimum absolute atomic E-state index is 1.21. The number of benzene rings is 9. The summed E-state index contributed by atoms with van der Waals surface area (Å²) in [5.41, 5.74) is 12.3. The van der Waals surface area contributed by atoms with Crippen molar-refractivity contribution in [3.05, 3.63) is 194 Å². The lowest BCUT2D eigenvalue weighted by atomic mass is 9.85. The number of hydrogen-bond donors (Lipinski definition) is 0. The SMILES string of the molecule is c1ccc(-c2cccc(-c3cccc(-c4c5ccccc5c(-c5cccc(-c6ccc7ccccc7c6)c5)c5ccccc45)c3)c2)cc1. The van der Waals surface area contributed by atoms with Gasteiger partial charge in [-0.1, -0.05) is 170 Å². The second kappa shape index (κ2) is 11.8. The molecule has 0 spiro atoms. The van der Waals surface area contributed by atoms with Gasteiger partial charge in [-0.25, -0.2) is 0 Å². The van der Waals surface area contributed by atoms with E-state index in [1.807, 2.05) is 0 Å². The minimum atomic E-state index is 1.21. The third kappa shape index (κ3) is 4.96. The van der Waals surface area contributed by atoms with Gasteiger partial charge in [0.05, 0.1) is 0 Å². The second-order valence-corrected chi connectivity index (χ2v) is 12.5. The Morgan fingerprint density at radius 1 is 0.188 bits per heavy atom. The van der Waals surface area contributed by atoms with Crippen LogP contribution >= 0.6 is 0 Å². The monoisotopic (exact) mass is 608 g/mol. The molecule has 48 heavy (non-hydrogen) atoms. The number of fused-ring (bicyclic) bond motifs is 3. The standard InChI is InChI=1S/C48H32/c1-2-13-33(14-3-1)36-17-10-18-37(29-36)38-19-11-21-41(31-38)47-43-23-6-8-25-45(43)48(46-26-9-7-24-44(46)47)42-22-12-20-39(32-42)40-28-27-34-15-4-5-16-35(34)30-40/h1-32H. The number of rotatable bonds is 5. The van der Waals surface area contributed by atoms with Crippen LogP contribution in [0.1, 0.15) is 0 Å². The van der Waals surface area contributed by atoms with Gasteiger partial charge in [-0.2, -0.15) is 0 Å². The normalized spacial score (nSPS) is 11.3. The Balaban J connectivity index is 1.22. The molecule has 0 atom stereocenters. The van der Waals surface area contributed by atoms with Gasteiger partial charge in [0.25, 0.3) is 0 Å². The predicted octanol–water partition coefficient (Wildman–Crippen LogP) is 13.5. The van der Waals surface area contributed by atoms with Crippen LogP contribution in [0, 0.1) is 0 Å². The third-order valence-electron chi connectivity index (χ3n) is 9.62.